The van der Waals surface area contributed by atoms with E-state index in [1.54, 1.807) is 66.7 Å². The number of esters is 1. The molecular weight excluding hydrogens is 568 g/mol. The van der Waals surface area contributed by atoms with Crippen LogP contribution >= 0.6 is 0 Å². The number of carbonyl (C=O) groups is 3. The second-order valence-electron chi connectivity index (χ2n) is 10.4. The lowest BCUT2D eigenvalue weighted by Gasteiger charge is -2.18. The van der Waals surface area contributed by atoms with Gasteiger partial charge in [-0.05, 0) is 66.8 Å². The molecule has 0 spiro atoms. The Labute approximate surface area is 263 Å². The molecule has 0 fully saturated rings. The molecule has 1 amide bonds. The largest absolute Gasteiger partial charge is 0.494 e. The van der Waals surface area contributed by atoms with Crippen molar-refractivity contribution in [3.8, 4) is 11.5 Å². The molecule has 0 aliphatic heterocycles. The summed E-state index contributed by atoms with van der Waals surface area (Å²) in [6.07, 6.45) is 7.00. The lowest BCUT2D eigenvalue weighted by Crippen LogP contribution is -2.31. The molecule has 1 unspecified atom stereocenters. The molecule has 4 rings (SSSR count). The number of rotatable bonds is 17. The third-order valence-electron chi connectivity index (χ3n) is 6.90. The van der Waals surface area contributed by atoms with Gasteiger partial charge in [-0.1, -0.05) is 84.9 Å². The predicted molar refractivity (Wildman–Crippen MR) is 175 cm³/mol. The first-order valence-electron chi connectivity index (χ1n) is 15.0. The van der Waals surface area contributed by atoms with Gasteiger partial charge in [-0.3, -0.25) is 4.79 Å². The van der Waals surface area contributed by atoms with Crippen molar-refractivity contribution >= 4 is 23.5 Å². The fourth-order valence-electron chi connectivity index (χ4n) is 4.50. The number of nitrogens with one attached hydrogen (secondary N) is 2. The van der Waals surface area contributed by atoms with Crippen molar-refractivity contribution in [2.24, 2.45) is 0 Å². The van der Waals surface area contributed by atoms with Gasteiger partial charge in [0.05, 0.1) is 17.9 Å². The van der Waals surface area contributed by atoms with Gasteiger partial charge in [0.1, 0.15) is 11.8 Å². The maximum absolute atomic E-state index is 12.5. The monoisotopic (exact) mass is 606 g/mol. The molecular formula is C37H38N2O6. The van der Waals surface area contributed by atoms with E-state index in [2.05, 4.69) is 28.8 Å². The standard InChI is InChI=1S/C37H38N2O6/c40-35(20-9-2-6-15-28-13-4-1-5-14-28)38-25-12-26-44-31-23-21-29(22-24-31)27-33(36(41)42)39-32-18-10-11-19-34(32)45-37(43)30-16-7-3-8-17-30/h1-8,10-11,13-14,16-19,21-24,33,39H,9,12,15,20,25-27H2,(H,38,40)(H,41,42). The van der Waals surface area contributed by atoms with E-state index in [0.29, 0.717) is 49.4 Å². The minimum Gasteiger partial charge on any atom is -0.494 e. The van der Waals surface area contributed by atoms with Crippen molar-refractivity contribution in [3.63, 3.8) is 0 Å². The first-order chi connectivity index (χ1) is 22.0. The van der Waals surface area contributed by atoms with Crippen molar-refractivity contribution in [2.75, 3.05) is 18.5 Å². The zero-order valence-electron chi connectivity index (χ0n) is 25.1. The molecule has 0 bridgehead atoms. The summed E-state index contributed by atoms with van der Waals surface area (Å²) < 4.78 is 11.3. The molecule has 8 nitrogen and oxygen atoms in total. The van der Waals surface area contributed by atoms with Crippen LogP contribution in [0.5, 0.6) is 11.5 Å². The van der Waals surface area contributed by atoms with E-state index >= 15 is 0 Å². The molecule has 232 valence electrons. The summed E-state index contributed by atoms with van der Waals surface area (Å²) in [6.45, 7) is 0.965. The molecule has 0 saturated heterocycles. The van der Waals surface area contributed by atoms with Crippen LogP contribution in [0.25, 0.3) is 0 Å². The Balaban J connectivity index is 1.17. The SMILES string of the molecule is O=C(CCC=CCc1ccccc1)NCCCOc1ccc(CC(Nc2ccccc2OC(=O)c2ccccc2)C(=O)O)cc1. The Morgan fingerprint density at radius 1 is 0.778 bits per heavy atom. The Kier molecular flexibility index (Phi) is 12.8. The van der Waals surface area contributed by atoms with Gasteiger partial charge < -0.3 is 25.2 Å². The van der Waals surface area contributed by atoms with Crippen LogP contribution < -0.4 is 20.1 Å². The second kappa shape index (κ2) is 17.7. The average Bonchev–Trinajstić information content (AvgIpc) is 3.06. The molecule has 0 aromatic heterocycles. The average molecular weight is 607 g/mol. The van der Waals surface area contributed by atoms with Crippen LogP contribution in [0.1, 0.15) is 40.7 Å². The molecule has 0 radical (unpaired) electrons. The highest BCUT2D eigenvalue weighted by atomic mass is 16.5. The van der Waals surface area contributed by atoms with Gasteiger partial charge in [0.15, 0.2) is 5.75 Å². The van der Waals surface area contributed by atoms with E-state index in [-0.39, 0.29) is 18.1 Å². The van der Waals surface area contributed by atoms with Crippen LogP contribution in [0.3, 0.4) is 0 Å². The highest BCUT2D eigenvalue weighted by molar-refractivity contribution is 5.92. The summed E-state index contributed by atoms with van der Waals surface area (Å²) >= 11 is 0. The molecule has 8 heteroatoms. The van der Waals surface area contributed by atoms with Crippen molar-refractivity contribution in [2.45, 2.75) is 38.1 Å². The van der Waals surface area contributed by atoms with Gasteiger partial charge >= 0.3 is 11.9 Å². The number of anilines is 1. The van der Waals surface area contributed by atoms with Gasteiger partial charge in [-0.25, -0.2) is 9.59 Å². The van der Waals surface area contributed by atoms with Crippen molar-refractivity contribution < 1.29 is 29.0 Å². The third kappa shape index (κ3) is 11.3. The number of hydrogen-bond donors (Lipinski definition) is 3. The molecule has 45 heavy (non-hydrogen) atoms. The lowest BCUT2D eigenvalue weighted by molar-refractivity contribution is -0.137. The van der Waals surface area contributed by atoms with Crippen LogP contribution in [-0.2, 0) is 22.4 Å². The van der Waals surface area contributed by atoms with Crippen LogP contribution in [0, 0.1) is 0 Å². The lowest BCUT2D eigenvalue weighted by atomic mass is 10.1. The molecule has 4 aromatic carbocycles. The molecule has 1 atom stereocenters. The number of carboxylic acids is 1. The van der Waals surface area contributed by atoms with E-state index in [9.17, 15) is 19.5 Å². The Hall–Kier alpha value is -5.37. The maximum Gasteiger partial charge on any atom is 0.343 e. The van der Waals surface area contributed by atoms with Gasteiger partial charge in [-0.2, -0.15) is 0 Å². The minimum atomic E-state index is -1.04. The number of hydrogen-bond acceptors (Lipinski definition) is 6. The maximum atomic E-state index is 12.5. The molecule has 0 heterocycles. The highest BCUT2D eigenvalue weighted by Gasteiger charge is 2.20. The number of carbonyl (C=O) groups excluding carboxylic acids is 2. The van der Waals surface area contributed by atoms with Crippen molar-refractivity contribution in [1.82, 2.24) is 5.32 Å². The van der Waals surface area contributed by atoms with Crippen molar-refractivity contribution in [3.05, 3.63) is 138 Å². The normalized spacial score (nSPS) is 11.5. The van der Waals surface area contributed by atoms with E-state index in [4.69, 9.17) is 9.47 Å². The van der Waals surface area contributed by atoms with E-state index < -0.39 is 18.0 Å². The van der Waals surface area contributed by atoms with Crippen LogP contribution in [-0.4, -0.2) is 42.1 Å². The zero-order valence-corrected chi connectivity index (χ0v) is 25.1. The summed E-state index contributed by atoms with van der Waals surface area (Å²) in [4.78, 5) is 36.7. The van der Waals surface area contributed by atoms with Gasteiger partial charge in [0.25, 0.3) is 0 Å². The number of allylic oxidation sites excluding steroid dienone is 2. The van der Waals surface area contributed by atoms with E-state index in [1.165, 1.54) is 5.56 Å². The third-order valence-corrected chi connectivity index (χ3v) is 6.90. The van der Waals surface area contributed by atoms with Gasteiger partial charge in [0.2, 0.25) is 5.91 Å². The Morgan fingerprint density at radius 2 is 1.47 bits per heavy atom. The fraction of sp³-hybridized carbons (Fsp3) is 0.216. The second-order valence-corrected chi connectivity index (χ2v) is 10.4. The first-order valence-corrected chi connectivity index (χ1v) is 15.0. The highest BCUT2D eigenvalue weighted by Crippen LogP contribution is 2.26. The smallest absolute Gasteiger partial charge is 0.343 e. The number of benzene rings is 4. The van der Waals surface area contributed by atoms with Crippen molar-refractivity contribution in [1.29, 1.82) is 0 Å². The fourth-order valence-corrected chi connectivity index (χ4v) is 4.50. The molecule has 0 aliphatic rings. The van der Waals surface area contributed by atoms with Gasteiger partial charge in [-0.15, -0.1) is 0 Å². The van der Waals surface area contributed by atoms with Crippen LogP contribution in [0.2, 0.25) is 0 Å². The predicted octanol–water partition coefficient (Wildman–Crippen LogP) is 6.48. The Morgan fingerprint density at radius 3 is 2.20 bits per heavy atom. The Bertz CT molecular complexity index is 1540. The van der Waals surface area contributed by atoms with Crippen LogP contribution in [0.4, 0.5) is 5.69 Å². The van der Waals surface area contributed by atoms with Gasteiger partial charge in [0, 0.05) is 19.4 Å². The zero-order chi connectivity index (χ0) is 31.7. The number of ether oxygens (including phenoxy) is 2. The van der Waals surface area contributed by atoms with Crippen LogP contribution in [0.15, 0.2) is 121 Å². The summed E-state index contributed by atoms with van der Waals surface area (Å²) in [6, 6.07) is 31.8. The van der Waals surface area contributed by atoms with E-state index in [0.717, 1.165) is 12.0 Å². The first kappa shape index (κ1) is 32.5. The number of amides is 1. The van der Waals surface area contributed by atoms with E-state index in [1.807, 2.05) is 36.4 Å². The summed E-state index contributed by atoms with van der Waals surface area (Å²) in [5.74, 6) is -0.649. The molecule has 3 N–H and O–H groups in total. The molecule has 0 aliphatic carbocycles. The number of aliphatic carboxylic acids is 1. The number of carboxylic acid groups (broad SMARTS) is 1. The minimum absolute atomic E-state index is 0.0160. The summed E-state index contributed by atoms with van der Waals surface area (Å²) in [5.41, 5.74) is 2.84. The molecule has 4 aromatic rings. The number of para-hydroxylation sites is 2. The summed E-state index contributed by atoms with van der Waals surface area (Å²) in [7, 11) is 0. The summed E-state index contributed by atoms with van der Waals surface area (Å²) in [5, 5.41) is 15.8. The topological polar surface area (TPSA) is 114 Å². The molecule has 0 saturated carbocycles. The quantitative estimate of drug-likeness (QED) is 0.0546.